The lowest BCUT2D eigenvalue weighted by Crippen LogP contribution is -2.43. The third-order valence-corrected chi connectivity index (χ3v) is 4.07. The summed E-state index contributed by atoms with van der Waals surface area (Å²) in [7, 11) is 0. The highest BCUT2D eigenvalue weighted by atomic mass is 16.5. The molecular formula is C17H30N2O4. The molecule has 0 radical (unpaired) electrons. The molecular weight excluding hydrogens is 296 g/mol. The van der Waals surface area contributed by atoms with Crippen molar-refractivity contribution in [2.75, 3.05) is 19.7 Å². The number of ether oxygens (including phenoxy) is 1. The molecule has 1 aliphatic rings. The maximum Gasteiger partial charge on any atom is 0.325 e. The standard InChI is InChI=1S/C17H30N2O4/c1-4-10-19(12-16(21)23-5-2)15(20)11-13(3)18-17(22)14-8-6-7-9-14/h13-14H,4-12H2,1-3H3,(H,18,22)/t13-/m0/s1. The molecule has 23 heavy (non-hydrogen) atoms. The van der Waals surface area contributed by atoms with Crippen LogP contribution in [0.25, 0.3) is 0 Å². The summed E-state index contributed by atoms with van der Waals surface area (Å²) in [6.45, 7) is 6.33. The van der Waals surface area contributed by atoms with Gasteiger partial charge < -0.3 is 15.0 Å². The first kappa shape index (κ1) is 19.5. The Morgan fingerprint density at radius 2 is 1.87 bits per heavy atom. The zero-order valence-corrected chi connectivity index (χ0v) is 14.6. The molecule has 0 spiro atoms. The van der Waals surface area contributed by atoms with Gasteiger partial charge in [-0.1, -0.05) is 19.8 Å². The average Bonchev–Trinajstić information content (AvgIpc) is 3.01. The van der Waals surface area contributed by atoms with Gasteiger partial charge in [0.1, 0.15) is 6.54 Å². The number of hydrogen-bond acceptors (Lipinski definition) is 4. The Hall–Kier alpha value is -1.59. The van der Waals surface area contributed by atoms with Crippen LogP contribution in [0.2, 0.25) is 0 Å². The highest BCUT2D eigenvalue weighted by Crippen LogP contribution is 2.24. The monoisotopic (exact) mass is 326 g/mol. The Morgan fingerprint density at radius 3 is 2.43 bits per heavy atom. The van der Waals surface area contributed by atoms with E-state index in [1.165, 1.54) is 4.90 Å². The minimum Gasteiger partial charge on any atom is -0.465 e. The van der Waals surface area contributed by atoms with Crippen molar-refractivity contribution in [1.29, 1.82) is 0 Å². The van der Waals surface area contributed by atoms with Crippen LogP contribution < -0.4 is 5.32 Å². The number of esters is 1. The molecule has 1 N–H and O–H groups in total. The second-order valence-electron chi connectivity index (χ2n) is 6.22. The molecule has 0 aliphatic heterocycles. The van der Waals surface area contributed by atoms with Crippen molar-refractivity contribution in [3.8, 4) is 0 Å². The molecule has 1 fully saturated rings. The van der Waals surface area contributed by atoms with Gasteiger partial charge in [-0.2, -0.15) is 0 Å². The Kier molecular flexibility index (Phi) is 8.66. The molecule has 2 amide bonds. The summed E-state index contributed by atoms with van der Waals surface area (Å²) in [5.41, 5.74) is 0. The summed E-state index contributed by atoms with van der Waals surface area (Å²) in [5.74, 6) is -0.370. The van der Waals surface area contributed by atoms with Crippen molar-refractivity contribution < 1.29 is 19.1 Å². The van der Waals surface area contributed by atoms with Crippen molar-refractivity contribution >= 4 is 17.8 Å². The topological polar surface area (TPSA) is 75.7 Å². The molecule has 6 heteroatoms. The van der Waals surface area contributed by atoms with E-state index in [4.69, 9.17) is 4.74 Å². The average molecular weight is 326 g/mol. The lowest BCUT2D eigenvalue weighted by Gasteiger charge is -2.23. The Morgan fingerprint density at radius 1 is 1.22 bits per heavy atom. The maximum absolute atomic E-state index is 12.4. The number of rotatable bonds is 9. The molecule has 6 nitrogen and oxygen atoms in total. The maximum atomic E-state index is 12.4. The smallest absolute Gasteiger partial charge is 0.325 e. The largest absolute Gasteiger partial charge is 0.465 e. The highest BCUT2D eigenvalue weighted by molar-refractivity contribution is 5.83. The van der Waals surface area contributed by atoms with Crippen LogP contribution in [-0.4, -0.2) is 48.4 Å². The molecule has 0 bridgehead atoms. The first-order chi connectivity index (χ1) is 11.0. The number of hydrogen-bond donors (Lipinski definition) is 1. The predicted octanol–water partition coefficient (Wildman–Crippen LogP) is 1.87. The van der Waals surface area contributed by atoms with E-state index in [1.807, 2.05) is 13.8 Å². The van der Waals surface area contributed by atoms with Crippen LogP contribution in [0.15, 0.2) is 0 Å². The van der Waals surface area contributed by atoms with Crippen molar-refractivity contribution in [2.24, 2.45) is 5.92 Å². The number of carbonyl (C=O) groups excluding carboxylic acids is 3. The molecule has 132 valence electrons. The summed E-state index contributed by atoms with van der Waals surface area (Å²) >= 11 is 0. The molecule has 0 aromatic rings. The predicted molar refractivity (Wildman–Crippen MR) is 87.7 cm³/mol. The van der Waals surface area contributed by atoms with Crippen LogP contribution >= 0.6 is 0 Å². The van der Waals surface area contributed by atoms with Gasteiger partial charge in [0.05, 0.1) is 6.61 Å². The number of nitrogens with zero attached hydrogens (tertiary/aromatic N) is 1. The normalized spacial score (nSPS) is 16.0. The second kappa shape index (κ2) is 10.2. The fourth-order valence-electron chi connectivity index (χ4n) is 2.92. The SMILES string of the molecule is CCCN(CC(=O)OCC)C(=O)C[C@H](C)NC(=O)C1CCCC1. The van der Waals surface area contributed by atoms with Gasteiger partial charge in [-0.05, 0) is 33.1 Å². The minimum atomic E-state index is -0.392. The van der Waals surface area contributed by atoms with Crippen molar-refractivity contribution in [2.45, 2.75) is 65.3 Å². The number of carbonyl (C=O) groups is 3. The van der Waals surface area contributed by atoms with E-state index < -0.39 is 5.97 Å². The van der Waals surface area contributed by atoms with Crippen LogP contribution in [0.1, 0.15) is 59.3 Å². The zero-order valence-electron chi connectivity index (χ0n) is 14.6. The molecule has 1 aliphatic carbocycles. The zero-order chi connectivity index (χ0) is 17.2. The van der Waals surface area contributed by atoms with Gasteiger partial charge in [-0.15, -0.1) is 0 Å². The molecule has 0 saturated heterocycles. The Balaban J connectivity index is 2.45. The van der Waals surface area contributed by atoms with Crippen molar-refractivity contribution in [1.82, 2.24) is 10.2 Å². The van der Waals surface area contributed by atoms with E-state index in [1.54, 1.807) is 6.92 Å². The van der Waals surface area contributed by atoms with E-state index in [0.717, 1.165) is 32.1 Å². The van der Waals surface area contributed by atoms with Crippen molar-refractivity contribution in [3.05, 3.63) is 0 Å². The van der Waals surface area contributed by atoms with E-state index in [2.05, 4.69) is 5.32 Å². The van der Waals surface area contributed by atoms with Gasteiger partial charge in [0.2, 0.25) is 11.8 Å². The van der Waals surface area contributed by atoms with E-state index in [9.17, 15) is 14.4 Å². The third-order valence-electron chi connectivity index (χ3n) is 4.07. The second-order valence-corrected chi connectivity index (χ2v) is 6.22. The van der Waals surface area contributed by atoms with E-state index in [-0.39, 0.29) is 36.7 Å². The summed E-state index contributed by atoms with van der Waals surface area (Å²) in [5, 5.41) is 2.93. The van der Waals surface area contributed by atoms with Gasteiger partial charge in [-0.3, -0.25) is 14.4 Å². The summed E-state index contributed by atoms with van der Waals surface area (Å²) in [4.78, 5) is 37.5. The van der Waals surface area contributed by atoms with Crippen LogP contribution in [0.3, 0.4) is 0 Å². The lowest BCUT2D eigenvalue weighted by molar-refractivity contribution is -0.149. The fourth-order valence-corrected chi connectivity index (χ4v) is 2.92. The van der Waals surface area contributed by atoms with Gasteiger partial charge >= 0.3 is 5.97 Å². The summed E-state index contributed by atoms with van der Waals surface area (Å²) < 4.78 is 4.90. The molecule has 1 atom stereocenters. The minimum absolute atomic E-state index is 0.0240. The molecule has 0 heterocycles. The van der Waals surface area contributed by atoms with E-state index in [0.29, 0.717) is 13.2 Å². The van der Waals surface area contributed by atoms with Crippen LogP contribution in [0, 0.1) is 5.92 Å². The molecule has 0 aromatic carbocycles. The van der Waals surface area contributed by atoms with Crippen LogP contribution in [-0.2, 0) is 19.1 Å². The molecule has 1 rings (SSSR count). The molecule has 1 saturated carbocycles. The fraction of sp³-hybridized carbons (Fsp3) is 0.824. The molecule has 0 aromatic heterocycles. The van der Waals surface area contributed by atoms with Gasteiger partial charge in [0, 0.05) is 24.9 Å². The highest BCUT2D eigenvalue weighted by Gasteiger charge is 2.25. The Labute approximate surface area is 138 Å². The summed E-state index contributed by atoms with van der Waals surface area (Å²) in [6, 6.07) is -0.225. The quantitative estimate of drug-likeness (QED) is 0.656. The molecule has 0 unspecified atom stereocenters. The number of nitrogens with one attached hydrogen (secondary N) is 1. The first-order valence-corrected chi connectivity index (χ1v) is 8.71. The Bertz CT molecular complexity index is 405. The number of amides is 2. The van der Waals surface area contributed by atoms with Gasteiger partial charge in [-0.25, -0.2) is 0 Å². The van der Waals surface area contributed by atoms with E-state index >= 15 is 0 Å². The van der Waals surface area contributed by atoms with Crippen LogP contribution in [0.4, 0.5) is 0 Å². The van der Waals surface area contributed by atoms with Gasteiger partial charge in [0.25, 0.3) is 0 Å². The summed E-state index contributed by atoms with van der Waals surface area (Å²) in [6.07, 6.45) is 5.07. The van der Waals surface area contributed by atoms with Crippen molar-refractivity contribution in [3.63, 3.8) is 0 Å². The third kappa shape index (κ3) is 7.01. The first-order valence-electron chi connectivity index (χ1n) is 8.71. The lowest BCUT2D eigenvalue weighted by atomic mass is 10.1. The van der Waals surface area contributed by atoms with Crippen LogP contribution in [0.5, 0.6) is 0 Å². The van der Waals surface area contributed by atoms with Gasteiger partial charge in [0.15, 0.2) is 0 Å².